The van der Waals surface area contributed by atoms with E-state index in [2.05, 4.69) is 9.68 Å². The highest BCUT2D eigenvalue weighted by molar-refractivity contribution is 5.88. The van der Waals surface area contributed by atoms with Crippen LogP contribution in [0.1, 0.15) is 23.2 Å². The molecule has 11 heavy (non-hydrogen) atoms. The number of carbonyl (C=O) groups is 1. The van der Waals surface area contributed by atoms with Crippen LogP contribution in [0, 0.1) is 0 Å². The fourth-order valence-corrected chi connectivity index (χ4v) is 0.692. The van der Waals surface area contributed by atoms with E-state index in [-0.39, 0.29) is 11.5 Å². The molecule has 0 fully saturated rings. The second-order valence-electron chi connectivity index (χ2n) is 1.96. The molecule has 0 bridgehead atoms. The van der Waals surface area contributed by atoms with Crippen LogP contribution in [0.15, 0.2) is 4.52 Å². The molecule has 1 heterocycles. The standard InChI is InChI=1S/C6H7NO4/c1-2-3-5(8)4(6(9)10)7-11-3/h8H,2H2,1H3,(H,9,10). The van der Waals surface area contributed by atoms with Gasteiger partial charge in [0.25, 0.3) is 0 Å². The van der Waals surface area contributed by atoms with Gasteiger partial charge in [-0.15, -0.1) is 0 Å². The molecule has 0 saturated carbocycles. The zero-order valence-electron chi connectivity index (χ0n) is 5.87. The molecule has 0 amide bonds. The molecule has 5 nitrogen and oxygen atoms in total. The molecule has 0 aromatic carbocycles. The summed E-state index contributed by atoms with van der Waals surface area (Å²) in [4.78, 5) is 10.3. The predicted molar refractivity (Wildman–Crippen MR) is 34.5 cm³/mol. The van der Waals surface area contributed by atoms with Crippen molar-refractivity contribution in [2.24, 2.45) is 0 Å². The van der Waals surface area contributed by atoms with Gasteiger partial charge in [-0.25, -0.2) is 4.79 Å². The molecule has 1 aromatic rings. The van der Waals surface area contributed by atoms with Crippen molar-refractivity contribution in [1.29, 1.82) is 0 Å². The average Bonchev–Trinajstić information content (AvgIpc) is 2.30. The van der Waals surface area contributed by atoms with Gasteiger partial charge in [0.1, 0.15) is 0 Å². The Bertz CT molecular complexity index is 278. The first kappa shape index (κ1) is 7.59. The van der Waals surface area contributed by atoms with Crippen molar-refractivity contribution in [3.05, 3.63) is 11.5 Å². The van der Waals surface area contributed by atoms with Crippen LogP contribution in [0.4, 0.5) is 0 Å². The summed E-state index contributed by atoms with van der Waals surface area (Å²) in [6, 6.07) is 0. The maximum Gasteiger partial charge on any atom is 0.362 e. The van der Waals surface area contributed by atoms with Crippen molar-refractivity contribution in [3.8, 4) is 5.75 Å². The second-order valence-corrected chi connectivity index (χ2v) is 1.96. The van der Waals surface area contributed by atoms with Crippen molar-refractivity contribution in [2.45, 2.75) is 13.3 Å². The molecule has 0 spiro atoms. The Labute approximate surface area is 62.2 Å². The molecule has 1 aromatic heterocycles. The SMILES string of the molecule is CCc1onc(C(=O)O)c1O. The van der Waals surface area contributed by atoms with Gasteiger partial charge in [-0.3, -0.25) is 0 Å². The molecule has 2 N–H and O–H groups in total. The second kappa shape index (κ2) is 2.61. The van der Waals surface area contributed by atoms with E-state index in [4.69, 9.17) is 10.2 Å². The third-order valence-corrected chi connectivity index (χ3v) is 1.26. The number of aryl methyl sites for hydroxylation is 1. The molecule has 0 aliphatic rings. The summed E-state index contributed by atoms with van der Waals surface area (Å²) in [7, 11) is 0. The minimum atomic E-state index is -1.29. The number of carboxylic acid groups (broad SMARTS) is 1. The number of nitrogens with zero attached hydrogens (tertiary/aromatic N) is 1. The van der Waals surface area contributed by atoms with Gasteiger partial charge in [0.2, 0.25) is 5.69 Å². The van der Waals surface area contributed by atoms with Gasteiger partial charge < -0.3 is 14.7 Å². The van der Waals surface area contributed by atoms with Crippen molar-refractivity contribution in [2.75, 3.05) is 0 Å². The fraction of sp³-hybridized carbons (Fsp3) is 0.333. The van der Waals surface area contributed by atoms with E-state index in [0.717, 1.165) is 0 Å². The van der Waals surface area contributed by atoms with Crippen LogP contribution in [0.5, 0.6) is 5.75 Å². The van der Waals surface area contributed by atoms with E-state index in [0.29, 0.717) is 6.42 Å². The number of aromatic hydroxyl groups is 1. The molecule has 0 saturated heterocycles. The third kappa shape index (κ3) is 1.17. The Morgan fingerprint density at radius 2 is 2.36 bits per heavy atom. The third-order valence-electron chi connectivity index (χ3n) is 1.26. The molecule has 0 atom stereocenters. The van der Waals surface area contributed by atoms with Crippen molar-refractivity contribution in [3.63, 3.8) is 0 Å². The number of aromatic nitrogens is 1. The number of hydrogen-bond acceptors (Lipinski definition) is 4. The Balaban J connectivity index is 3.10. The number of aromatic carboxylic acids is 1. The lowest BCUT2D eigenvalue weighted by atomic mass is 10.3. The number of hydrogen-bond donors (Lipinski definition) is 2. The lowest BCUT2D eigenvalue weighted by Gasteiger charge is -1.87. The molecule has 0 aliphatic carbocycles. The highest BCUT2D eigenvalue weighted by Crippen LogP contribution is 2.21. The molecule has 60 valence electrons. The summed E-state index contributed by atoms with van der Waals surface area (Å²) < 4.78 is 4.53. The smallest absolute Gasteiger partial charge is 0.362 e. The van der Waals surface area contributed by atoms with Gasteiger partial charge >= 0.3 is 5.97 Å². The fourth-order valence-electron chi connectivity index (χ4n) is 0.692. The van der Waals surface area contributed by atoms with E-state index < -0.39 is 11.7 Å². The molecule has 0 radical (unpaired) electrons. The van der Waals surface area contributed by atoms with Crippen LogP contribution in [-0.2, 0) is 6.42 Å². The van der Waals surface area contributed by atoms with Gasteiger partial charge in [-0.05, 0) is 0 Å². The van der Waals surface area contributed by atoms with Crippen molar-refractivity contribution in [1.82, 2.24) is 5.16 Å². The largest absolute Gasteiger partial charge is 0.503 e. The average molecular weight is 157 g/mol. The van der Waals surface area contributed by atoms with Crippen LogP contribution in [0.25, 0.3) is 0 Å². The van der Waals surface area contributed by atoms with Crippen LogP contribution < -0.4 is 0 Å². The van der Waals surface area contributed by atoms with Crippen molar-refractivity contribution < 1.29 is 19.5 Å². The van der Waals surface area contributed by atoms with Crippen LogP contribution in [-0.4, -0.2) is 21.3 Å². The molecule has 1 rings (SSSR count). The van der Waals surface area contributed by atoms with E-state index >= 15 is 0 Å². The summed E-state index contributed by atoms with van der Waals surface area (Å²) in [6.07, 6.45) is 0.423. The molecular formula is C6H7NO4. The first-order valence-corrected chi connectivity index (χ1v) is 3.07. The van der Waals surface area contributed by atoms with Gasteiger partial charge in [-0.2, -0.15) is 0 Å². The highest BCUT2D eigenvalue weighted by atomic mass is 16.5. The summed E-state index contributed by atoms with van der Waals surface area (Å²) >= 11 is 0. The van der Waals surface area contributed by atoms with Crippen molar-refractivity contribution >= 4 is 5.97 Å². The zero-order chi connectivity index (χ0) is 8.43. The van der Waals surface area contributed by atoms with Gasteiger partial charge in [-0.1, -0.05) is 12.1 Å². The highest BCUT2D eigenvalue weighted by Gasteiger charge is 2.18. The molecule has 0 unspecified atom stereocenters. The first-order valence-electron chi connectivity index (χ1n) is 3.07. The first-order chi connectivity index (χ1) is 5.16. The van der Waals surface area contributed by atoms with E-state index in [1.807, 2.05) is 0 Å². The summed E-state index contributed by atoms with van der Waals surface area (Å²) in [6.45, 7) is 1.73. The number of carboxylic acids is 1. The zero-order valence-corrected chi connectivity index (χ0v) is 5.87. The van der Waals surface area contributed by atoms with Crippen LogP contribution >= 0.6 is 0 Å². The molecule has 5 heteroatoms. The van der Waals surface area contributed by atoms with Crippen LogP contribution in [0.2, 0.25) is 0 Å². The van der Waals surface area contributed by atoms with E-state index in [1.165, 1.54) is 0 Å². The summed E-state index contributed by atoms with van der Waals surface area (Å²) in [5, 5.41) is 20.6. The van der Waals surface area contributed by atoms with Gasteiger partial charge in [0.15, 0.2) is 11.5 Å². The minimum Gasteiger partial charge on any atom is -0.503 e. The Morgan fingerprint density at radius 1 is 1.73 bits per heavy atom. The summed E-state index contributed by atoms with van der Waals surface area (Å²) in [5.74, 6) is -1.46. The lowest BCUT2D eigenvalue weighted by Crippen LogP contribution is -1.95. The monoisotopic (exact) mass is 157 g/mol. The molecular weight excluding hydrogens is 150 g/mol. The Morgan fingerprint density at radius 3 is 2.64 bits per heavy atom. The van der Waals surface area contributed by atoms with Crippen LogP contribution in [0.3, 0.4) is 0 Å². The normalized spacial score (nSPS) is 9.91. The lowest BCUT2D eigenvalue weighted by molar-refractivity contribution is 0.0683. The minimum absolute atomic E-state index is 0.197. The molecule has 0 aliphatic heterocycles. The Kier molecular flexibility index (Phi) is 1.80. The van der Waals surface area contributed by atoms with E-state index in [9.17, 15) is 4.79 Å². The predicted octanol–water partition coefficient (Wildman–Crippen LogP) is 0.641. The topological polar surface area (TPSA) is 83.6 Å². The van der Waals surface area contributed by atoms with Gasteiger partial charge in [0, 0.05) is 6.42 Å². The van der Waals surface area contributed by atoms with Gasteiger partial charge in [0.05, 0.1) is 0 Å². The summed E-state index contributed by atoms with van der Waals surface area (Å²) in [5.41, 5.74) is -0.429. The maximum atomic E-state index is 10.3. The number of rotatable bonds is 2. The Hall–Kier alpha value is -1.52. The van der Waals surface area contributed by atoms with E-state index in [1.54, 1.807) is 6.92 Å². The quantitative estimate of drug-likeness (QED) is 0.658. The maximum absolute atomic E-state index is 10.3.